The SMILES string of the molecule is CN(C)c1nc2oc3c(NCCN4CCOCC4)ncnc3c2c2c1CCC(C)(C)C2. The van der Waals surface area contributed by atoms with Crippen molar-refractivity contribution in [1.82, 2.24) is 19.9 Å². The number of ether oxygens (including phenoxy) is 1. The standard InChI is InChI=1S/C23H32N6O2/c1-23(2)6-5-15-16(13-23)17-18-19(31-22(17)27-21(15)28(3)4)20(26-14-25-18)24-7-8-29-9-11-30-12-10-29/h14H,5-13H2,1-4H3,(H,24,25,26). The zero-order chi connectivity index (χ0) is 21.6. The first-order chi connectivity index (χ1) is 14.9. The van der Waals surface area contributed by atoms with Gasteiger partial charge < -0.3 is 19.4 Å². The average Bonchev–Trinajstić information content (AvgIpc) is 3.13. The predicted octanol–water partition coefficient (Wildman–Crippen LogP) is 3.10. The molecule has 31 heavy (non-hydrogen) atoms. The second-order valence-electron chi connectivity index (χ2n) is 9.69. The third-order valence-corrected chi connectivity index (χ3v) is 6.55. The van der Waals surface area contributed by atoms with E-state index in [-0.39, 0.29) is 5.41 Å². The van der Waals surface area contributed by atoms with Gasteiger partial charge >= 0.3 is 0 Å². The molecule has 0 bridgehead atoms. The Morgan fingerprint density at radius 3 is 2.74 bits per heavy atom. The molecule has 5 rings (SSSR count). The van der Waals surface area contributed by atoms with E-state index in [0.717, 1.165) is 81.2 Å². The van der Waals surface area contributed by atoms with E-state index < -0.39 is 0 Å². The number of aromatic nitrogens is 3. The van der Waals surface area contributed by atoms with Gasteiger partial charge in [-0.3, -0.25) is 4.90 Å². The van der Waals surface area contributed by atoms with Crippen molar-refractivity contribution in [3.05, 3.63) is 17.5 Å². The van der Waals surface area contributed by atoms with Crippen LogP contribution >= 0.6 is 0 Å². The lowest BCUT2D eigenvalue weighted by Crippen LogP contribution is -2.39. The summed E-state index contributed by atoms with van der Waals surface area (Å²) < 4.78 is 11.7. The summed E-state index contributed by atoms with van der Waals surface area (Å²) in [5, 5.41) is 4.52. The maximum Gasteiger partial charge on any atom is 0.231 e. The van der Waals surface area contributed by atoms with Crippen LogP contribution < -0.4 is 10.2 Å². The Morgan fingerprint density at radius 1 is 1.16 bits per heavy atom. The molecule has 1 aliphatic carbocycles. The zero-order valence-electron chi connectivity index (χ0n) is 19.0. The molecule has 0 aromatic carbocycles. The van der Waals surface area contributed by atoms with Gasteiger partial charge in [-0.05, 0) is 35.8 Å². The maximum absolute atomic E-state index is 6.29. The molecule has 0 unspecified atom stereocenters. The molecule has 1 N–H and O–H groups in total. The third kappa shape index (κ3) is 3.83. The molecule has 0 atom stereocenters. The second-order valence-corrected chi connectivity index (χ2v) is 9.69. The summed E-state index contributed by atoms with van der Waals surface area (Å²) in [5.74, 6) is 1.75. The Bertz CT molecular complexity index is 1100. The van der Waals surface area contributed by atoms with E-state index in [2.05, 4.69) is 53.0 Å². The van der Waals surface area contributed by atoms with Crippen LogP contribution in [0.25, 0.3) is 22.2 Å². The highest BCUT2D eigenvalue weighted by atomic mass is 16.5. The summed E-state index contributed by atoms with van der Waals surface area (Å²) >= 11 is 0. The van der Waals surface area contributed by atoms with Crippen LogP contribution in [0.5, 0.6) is 0 Å². The summed E-state index contributed by atoms with van der Waals surface area (Å²) in [6, 6.07) is 0. The molecule has 0 amide bonds. The first-order valence-electron chi connectivity index (χ1n) is 11.2. The Balaban J connectivity index is 1.54. The molecule has 8 nitrogen and oxygen atoms in total. The molecule has 0 saturated carbocycles. The first kappa shape index (κ1) is 20.5. The van der Waals surface area contributed by atoms with Gasteiger partial charge in [0.1, 0.15) is 17.7 Å². The van der Waals surface area contributed by atoms with Crippen LogP contribution in [-0.4, -0.2) is 73.3 Å². The lowest BCUT2D eigenvalue weighted by Gasteiger charge is -2.33. The van der Waals surface area contributed by atoms with Crippen LogP contribution in [-0.2, 0) is 17.6 Å². The van der Waals surface area contributed by atoms with Gasteiger partial charge in [-0.15, -0.1) is 0 Å². The van der Waals surface area contributed by atoms with Gasteiger partial charge in [0.15, 0.2) is 11.4 Å². The minimum atomic E-state index is 0.251. The normalized spacial score (nSPS) is 19.0. The number of hydrogen-bond donors (Lipinski definition) is 1. The van der Waals surface area contributed by atoms with E-state index in [9.17, 15) is 0 Å². The van der Waals surface area contributed by atoms with Crippen LogP contribution in [0.1, 0.15) is 31.4 Å². The summed E-state index contributed by atoms with van der Waals surface area (Å²) in [5.41, 5.74) is 5.15. The van der Waals surface area contributed by atoms with E-state index in [4.69, 9.17) is 14.1 Å². The van der Waals surface area contributed by atoms with Crippen LogP contribution in [0.2, 0.25) is 0 Å². The van der Waals surface area contributed by atoms with Gasteiger partial charge in [-0.1, -0.05) is 13.8 Å². The molecule has 2 aliphatic rings. The minimum Gasteiger partial charge on any atom is -0.432 e. The molecule has 0 spiro atoms. The van der Waals surface area contributed by atoms with Gasteiger partial charge in [-0.25, -0.2) is 9.97 Å². The molecule has 8 heteroatoms. The number of nitrogens with zero attached hydrogens (tertiary/aromatic N) is 5. The molecule has 1 saturated heterocycles. The van der Waals surface area contributed by atoms with Crippen LogP contribution in [0.15, 0.2) is 10.7 Å². The number of morpholine rings is 1. The molecular formula is C23H32N6O2. The minimum absolute atomic E-state index is 0.251. The molecule has 166 valence electrons. The van der Waals surface area contributed by atoms with Crippen molar-refractivity contribution >= 4 is 33.8 Å². The fraction of sp³-hybridized carbons (Fsp3) is 0.609. The quantitative estimate of drug-likeness (QED) is 0.669. The van der Waals surface area contributed by atoms with E-state index in [1.807, 2.05) is 0 Å². The average molecular weight is 425 g/mol. The molecule has 3 aromatic heterocycles. The monoisotopic (exact) mass is 424 g/mol. The molecular weight excluding hydrogens is 392 g/mol. The first-order valence-corrected chi connectivity index (χ1v) is 11.2. The fourth-order valence-corrected chi connectivity index (χ4v) is 4.84. The maximum atomic E-state index is 6.29. The Kier molecular flexibility index (Phi) is 5.22. The Morgan fingerprint density at radius 2 is 1.97 bits per heavy atom. The lowest BCUT2D eigenvalue weighted by atomic mass is 9.73. The zero-order valence-corrected chi connectivity index (χ0v) is 19.0. The van der Waals surface area contributed by atoms with Crippen molar-refractivity contribution in [3.8, 4) is 0 Å². The molecule has 4 heterocycles. The highest BCUT2D eigenvalue weighted by Crippen LogP contribution is 2.44. The number of furan rings is 1. The third-order valence-electron chi connectivity index (χ3n) is 6.55. The highest BCUT2D eigenvalue weighted by molar-refractivity contribution is 6.07. The summed E-state index contributed by atoms with van der Waals surface area (Å²) in [6.07, 6.45) is 4.82. The summed E-state index contributed by atoms with van der Waals surface area (Å²) in [6.45, 7) is 9.99. The van der Waals surface area contributed by atoms with Gasteiger partial charge in [0.25, 0.3) is 0 Å². The second kappa shape index (κ2) is 7.91. The van der Waals surface area contributed by atoms with Gasteiger partial charge in [0.2, 0.25) is 5.71 Å². The van der Waals surface area contributed by atoms with Crippen LogP contribution in [0, 0.1) is 5.41 Å². The molecule has 3 aromatic rings. The predicted molar refractivity (Wildman–Crippen MR) is 123 cm³/mol. The Hall–Kier alpha value is -2.45. The van der Waals surface area contributed by atoms with E-state index in [1.54, 1.807) is 6.33 Å². The van der Waals surface area contributed by atoms with Gasteiger partial charge in [-0.2, -0.15) is 4.98 Å². The van der Waals surface area contributed by atoms with Crippen molar-refractivity contribution in [1.29, 1.82) is 0 Å². The van der Waals surface area contributed by atoms with Crippen molar-refractivity contribution in [2.45, 2.75) is 33.1 Å². The van der Waals surface area contributed by atoms with E-state index in [1.165, 1.54) is 11.1 Å². The number of anilines is 2. The molecule has 1 aliphatic heterocycles. The fourth-order valence-electron chi connectivity index (χ4n) is 4.84. The lowest BCUT2D eigenvalue weighted by molar-refractivity contribution is 0.0398. The number of hydrogen-bond acceptors (Lipinski definition) is 8. The number of nitrogens with one attached hydrogen (secondary N) is 1. The number of pyridine rings is 1. The highest BCUT2D eigenvalue weighted by Gasteiger charge is 2.32. The summed E-state index contributed by atoms with van der Waals surface area (Å²) in [7, 11) is 4.10. The van der Waals surface area contributed by atoms with Gasteiger partial charge in [0, 0.05) is 40.3 Å². The topological polar surface area (TPSA) is 79.6 Å². The number of fused-ring (bicyclic) bond motifs is 5. The van der Waals surface area contributed by atoms with E-state index >= 15 is 0 Å². The van der Waals surface area contributed by atoms with Crippen molar-refractivity contribution in [3.63, 3.8) is 0 Å². The molecule has 1 fully saturated rings. The number of rotatable bonds is 5. The van der Waals surface area contributed by atoms with Crippen molar-refractivity contribution in [2.24, 2.45) is 5.41 Å². The van der Waals surface area contributed by atoms with Crippen LogP contribution in [0.4, 0.5) is 11.6 Å². The molecule has 0 radical (unpaired) electrons. The van der Waals surface area contributed by atoms with E-state index in [0.29, 0.717) is 11.3 Å². The smallest absolute Gasteiger partial charge is 0.231 e. The van der Waals surface area contributed by atoms with Gasteiger partial charge in [0.05, 0.1) is 18.6 Å². The van der Waals surface area contributed by atoms with Crippen LogP contribution in [0.3, 0.4) is 0 Å². The Labute approximate surface area is 183 Å². The largest absolute Gasteiger partial charge is 0.432 e. The van der Waals surface area contributed by atoms with Crippen molar-refractivity contribution < 1.29 is 9.15 Å². The summed E-state index contributed by atoms with van der Waals surface area (Å²) in [4.78, 5) is 18.5. The van der Waals surface area contributed by atoms with Crippen molar-refractivity contribution in [2.75, 3.05) is 63.7 Å².